The fourth-order valence-electron chi connectivity index (χ4n) is 4.89. The molecular formula is C27H30N6O4S. The predicted octanol–water partition coefficient (Wildman–Crippen LogP) is 3.22. The molecule has 1 unspecified atom stereocenters. The molecule has 0 saturated carbocycles. The Bertz CT molecular complexity index is 1340. The largest absolute Gasteiger partial charge is 0.481 e. The van der Waals surface area contributed by atoms with Crippen molar-refractivity contribution in [1.82, 2.24) is 24.7 Å². The lowest BCUT2D eigenvalue weighted by Gasteiger charge is -2.37. The van der Waals surface area contributed by atoms with Gasteiger partial charge in [-0.05, 0) is 43.7 Å². The monoisotopic (exact) mass is 534 g/mol. The lowest BCUT2D eigenvalue weighted by molar-refractivity contribution is -0.139. The summed E-state index contributed by atoms with van der Waals surface area (Å²) in [6.45, 7) is 2.11. The number of likely N-dealkylation sites (tertiary alicyclic amines) is 1. The number of methoxy groups -OCH3 is 1. The van der Waals surface area contributed by atoms with Gasteiger partial charge in [-0.1, -0.05) is 18.2 Å². The van der Waals surface area contributed by atoms with Crippen LogP contribution in [0.25, 0.3) is 0 Å². The molecule has 0 spiro atoms. The number of hydrogen-bond acceptors (Lipinski definition) is 8. The number of amides is 3. The number of hydrogen-bond donors (Lipinski definition) is 1. The summed E-state index contributed by atoms with van der Waals surface area (Å²) in [5, 5.41) is 5.33. The average molecular weight is 535 g/mol. The molecule has 1 N–H and O–H groups in total. The summed E-state index contributed by atoms with van der Waals surface area (Å²) in [5.41, 5.74) is 2.13. The van der Waals surface area contributed by atoms with E-state index in [1.165, 1.54) is 18.4 Å². The van der Waals surface area contributed by atoms with Crippen LogP contribution in [0.1, 0.15) is 56.5 Å². The third-order valence-corrected chi connectivity index (χ3v) is 7.97. The van der Waals surface area contributed by atoms with Crippen molar-refractivity contribution in [3.8, 4) is 5.88 Å². The third kappa shape index (κ3) is 5.11. The maximum absolute atomic E-state index is 13.2. The van der Waals surface area contributed by atoms with Gasteiger partial charge in [0.25, 0.3) is 11.8 Å². The molecule has 198 valence electrons. The number of ether oxygens (including phenoxy) is 1. The lowest BCUT2D eigenvalue weighted by atomic mass is 10.0. The van der Waals surface area contributed by atoms with E-state index in [0.29, 0.717) is 36.0 Å². The number of pyridine rings is 1. The number of piperazine rings is 1. The quantitative estimate of drug-likeness (QED) is 0.517. The van der Waals surface area contributed by atoms with Gasteiger partial charge in [0.05, 0.1) is 13.2 Å². The van der Waals surface area contributed by atoms with Gasteiger partial charge in [-0.2, -0.15) is 0 Å². The summed E-state index contributed by atoms with van der Waals surface area (Å²) < 4.78 is 5.15. The number of likely N-dealkylation sites (N-methyl/N-ethyl adjacent to an activating group) is 2. The third-order valence-electron chi connectivity index (χ3n) is 7.03. The highest BCUT2D eigenvalue weighted by Gasteiger charge is 2.34. The molecule has 2 aliphatic rings. The maximum Gasteiger partial charge on any atom is 0.275 e. The second-order valence-corrected chi connectivity index (χ2v) is 10.4. The van der Waals surface area contributed by atoms with Crippen molar-refractivity contribution in [3.05, 3.63) is 69.8 Å². The molecule has 0 bridgehead atoms. The molecule has 5 rings (SSSR count). The second kappa shape index (κ2) is 10.9. The molecule has 10 nitrogen and oxygen atoms in total. The van der Waals surface area contributed by atoms with Gasteiger partial charge >= 0.3 is 0 Å². The van der Waals surface area contributed by atoms with E-state index in [1.54, 1.807) is 45.5 Å². The van der Waals surface area contributed by atoms with Crippen LogP contribution < -0.4 is 10.1 Å². The summed E-state index contributed by atoms with van der Waals surface area (Å²) in [6, 6.07) is 11.9. The van der Waals surface area contributed by atoms with Gasteiger partial charge < -0.3 is 19.9 Å². The average Bonchev–Trinajstić information content (AvgIpc) is 3.62. The van der Waals surface area contributed by atoms with E-state index in [2.05, 4.69) is 15.3 Å². The molecule has 0 radical (unpaired) electrons. The Hall–Kier alpha value is -3.83. The summed E-state index contributed by atoms with van der Waals surface area (Å²) >= 11 is 1.37. The van der Waals surface area contributed by atoms with Gasteiger partial charge in [0, 0.05) is 43.8 Å². The molecule has 2 fully saturated rings. The number of rotatable bonds is 6. The fraction of sp³-hybridized carbons (Fsp3) is 0.370. The first kappa shape index (κ1) is 25.8. The van der Waals surface area contributed by atoms with Crippen molar-refractivity contribution >= 4 is 34.7 Å². The lowest BCUT2D eigenvalue weighted by Crippen LogP contribution is -2.48. The van der Waals surface area contributed by atoms with Crippen molar-refractivity contribution in [2.45, 2.75) is 24.9 Å². The number of nitrogens with one attached hydrogen (secondary N) is 1. The van der Waals surface area contributed by atoms with Gasteiger partial charge in [0.15, 0.2) is 0 Å². The normalized spacial score (nSPS) is 20.0. The summed E-state index contributed by atoms with van der Waals surface area (Å²) in [6.07, 6.45) is 1.62. The van der Waals surface area contributed by atoms with E-state index >= 15 is 0 Å². The molecule has 3 amide bonds. The van der Waals surface area contributed by atoms with E-state index in [0.717, 1.165) is 30.0 Å². The van der Waals surface area contributed by atoms with Gasteiger partial charge in [-0.3, -0.25) is 19.3 Å². The number of carbonyl (C=O) groups is 3. The molecule has 0 aliphatic carbocycles. The van der Waals surface area contributed by atoms with Crippen LogP contribution in [0.4, 0.5) is 5.69 Å². The molecular weight excluding hydrogens is 504 g/mol. The summed E-state index contributed by atoms with van der Waals surface area (Å²) in [5.74, 6) is -0.0538. The first-order valence-electron chi connectivity index (χ1n) is 12.5. The second-order valence-electron chi connectivity index (χ2n) is 9.51. The standard InChI is InChI=1S/C27H30N6O4S/c1-31-14-15-32(2)27(36)23(31)17-9-11-18(12-10-17)28-24(34)20-16-38-25(30-20)21-7-5-13-33(21)26(35)19-6-4-8-22(29-19)37-3/h4,6,8-12,16,21,23H,5,7,13-15H2,1-3H3,(H,28,34)/t21-,23?/m1/s1. The highest BCUT2D eigenvalue weighted by molar-refractivity contribution is 7.10. The van der Waals surface area contributed by atoms with Crippen LogP contribution in [0.5, 0.6) is 5.88 Å². The number of carbonyl (C=O) groups excluding carboxylic acids is 3. The SMILES string of the molecule is COc1cccc(C(=O)N2CCC[C@@H]2c2nc(C(=O)Nc3ccc(C4C(=O)N(C)CCN4C)cc3)cs2)n1. The number of nitrogens with zero attached hydrogens (tertiary/aromatic N) is 5. The van der Waals surface area contributed by atoms with Crippen molar-refractivity contribution in [2.24, 2.45) is 0 Å². The molecule has 2 aromatic heterocycles. The van der Waals surface area contributed by atoms with Crippen LogP contribution in [0.15, 0.2) is 47.8 Å². The molecule has 2 saturated heterocycles. The fourth-order valence-corrected chi connectivity index (χ4v) is 5.84. The minimum atomic E-state index is -0.330. The highest BCUT2D eigenvalue weighted by atomic mass is 32.1. The van der Waals surface area contributed by atoms with Crippen LogP contribution in [0, 0.1) is 0 Å². The first-order valence-corrected chi connectivity index (χ1v) is 13.4. The van der Waals surface area contributed by atoms with Crippen LogP contribution in [-0.4, -0.2) is 83.2 Å². The summed E-state index contributed by atoms with van der Waals surface area (Å²) in [4.78, 5) is 53.1. The highest BCUT2D eigenvalue weighted by Crippen LogP contribution is 2.35. The Morgan fingerprint density at radius 1 is 1.03 bits per heavy atom. The Morgan fingerprint density at radius 3 is 2.58 bits per heavy atom. The van der Waals surface area contributed by atoms with Crippen molar-refractivity contribution in [3.63, 3.8) is 0 Å². The number of thiazole rings is 1. The van der Waals surface area contributed by atoms with E-state index in [1.807, 2.05) is 31.1 Å². The topological polar surface area (TPSA) is 108 Å². The van der Waals surface area contributed by atoms with Crippen molar-refractivity contribution in [2.75, 3.05) is 46.2 Å². The zero-order valence-electron chi connectivity index (χ0n) is 21.6. The van der Waals surface area contributed by atoms with Gasteiger partial charge in [0.1, 0.15) is 22.4 Å². The van der Waals surface area contributed by atoms with Gasteiger partial charge in [-0.25, -0.2) is 9.97 Å². The number of aromatic nitrogens is 2. The minimum absolute atomic E-state index is 0.0622. The van der Waals surface area contributed by atoms with E-state index in [9.17, 15) is 14.4 Å². The molecule has 38 heavy (non-hydrogen) atoms. The molecule has 2 aliphatic heterocycles. The smallest absolute Gasteiger partial charge is 0.275 e. The molecule has 1 aromatic carbocycles. The maximum atomic E-state index is 13.2. The van der Waals surface area contributed by atoms with Crippen LogP contribution in [0.2, 0.25) is 0 Å². The Labute approximate surface area is 225 Å². The summed E-state index contributed by atoms with van der Waals surface area (Å²) in [7, 11) is 5.27. The first-order chi connectivity index (χ1) is 18.4. The zero-order valence-corrected chi connectivity index (χ0v) is 22.4. The van der Waals surface area contributed by atoms with Crippen molar-refractivity contribution in [1.29, 1.82) is 0 Å². The van der Waals surface area contributed by atoms with Gasteiger partial charge in [0.2, 0.25) is 11.8 Å². The Kier molecular flexibility index (Phi) is 7.39. The Morgan fingerprint density at radius 2 is 1.82 bits per heavy atom. The van der Waals surface area contributed by atoms with Crippen LogP contribution >= 0.6 is 11.3 Å². The Balaban J connectivity index is 1.26. The van der Waals surface area contributed by atoms with Gasteiger partial charge in [-0.15, -0.1) is 11.3 Å². The number of anilines is 1. The predicted molar refractivity (Wildman–Crippen MR) is 143 cm³/mol. The van der Waals surface area contributed by atoms with E-state index in [4.69, 9.17) is 4.74 Å². The molecule has 2 atom stereocenters. The molecule has 3 aromatic rings. The number of benzene rings is 1. The van der Waals surface area contributed by atoms with Crippen LogP contribution in [-0.2, 0) is 4.79 Å². The van der Waals surface area contributed by atoms with Crippen molar-refractivity contribution < 1.29 is 19.1 Å². The molecule has 11 heteroatoms. The van der Waals surface area contributed by atoms with Crippen LogP contribution in [0.3, 0.4) is 0 Å². The molecule has 4 heterocycles. The van der Waals surface area contributed by atoms with E-state index < -0.39 is 0 Å². The zero-order chi connectivity index (χ0) is 26.8. The minimum Gasteiger partial charge on any atom is -0.481 e. The van der Waals surface area contributed by atoms with E-state index in [-0.39, 0.29) is 29.8 Å².